The fraction of sp³-hybridized carbons (Fsp3) is 0.382. The predicted molar refractivity (Wildman–Crippen MR) is 170 cm³/mol. The molecule has 2 saturated heterocycles. The number of rotatable bonds is 7. The number of carbonyl (C=O) groups is 1. The number of likely N-dealkylation sites (tertiary alicyclic amines) is 2. The van der Waals surface area contributed by atoms with Gasteiger partial charge in [0.2, 0.25) is 0 Å². The summed E-state index contributed by atoms with van der Waals surface area (Å²) in [4.78, 5) is 26.4. The van der Waals surface area contributed by atoms with Crippen LogP contribution in [0, 0.1) is 17.1 Å². The van der Waals surface area contributed by atoms with Gasteiger partial charge in [-0.2, -0.15) is 10.4 Å². The Balaban J connectivity index is 1.28. The summed E-state index contributed by atoms with van der Waals surface area (Å²) in [5.41, 5.74) is 7.05. The third-order valence-electron chi connectivity index (χ3n) is 8.74. The first kappa shape index (κ1) is 30.2. The number of para-hydroxylation sites is 1. The van der Waals surface area contributed by atoms with Gasteiger partial charge >= 0.3 is 0 Å². The number of nitrogens with two attached hydrogens (primary N) is 1. The van der Waals surface area contributed by atoms with Gasteiger partial charge in [-0.05, 0) is 83.0 Å². The number of carbonyl (C=O) groups excluding carboxylic acids is 1. The summed E-state index contributed by atoms with van der Waals surface area (Å²) in [5.74, 6) is 0.306. The molecule has 1 amide bonds. The van der Waals surface area contributed by atoms with Crippen LogP contribution in [0.4, 0.5) is 10.2 Å². The Labute approximate surface area is 261 Å². The number of nitriles is 1. The number of amides is 1. The van der Waals surface area contributed by atoms with Crippen LogP contribution in [-0.2, 0) is 4.79 Å². The molecule has 45 heavy (non-hydrogen) atoms. The van der Waals surface area contributed by atoms with Crippen LogP contribution in [0.2, 0.25) is 0 Å². The smallest absolute Gasteiger partial charge is 0.264 e. The SMILES string of the molecule is CC(C)(C=C(C#N)C(=O)N1CCC[C@@H](n2nc(-c3ccc(Oc4ccccc4)cc3F)c3c(N)ncnc32)C1)N1CCCCC1. The Morgan fingerprint density at radius 3 is 2.58 bits per heavy atom. The number of anilines is 1. The summed E-state index contributed by atoms with van der Waals surface area (Å²) in [6.45, 7) is 6.87. The van der Waals surface area contributed by atoms with E-state index in [0.29, 0.717) is 47.7 Å². The van der Waals surface area contributed by atoms with Crippen molar-refractivity contribution >= 4 is 22.8 Å². The largest absolute Gasteiger partial charge is 0.457 e. The van der Waals surface area contributed by atoms with Crippen LogP contribution < -0.4 is 10.5 Å². The van der Waals surface area contributed by atoms with Crippen molar-refractivity contribution in [2.24, 2.45) is 0 Å². The van der Waals surface area contributed by atoms with Crippen molar-refractivity contribution in [3.8, 4) is 28.8 Å². The number of fused-ring (bicyclic) bond motifs is 1. The van der Waals surface area contributed by atoms with Gasteiger partial charge in [-0.1, -0.05) is 24.6 Å². The molecule has 0 unspecified atom stereocenters. The van der Waals surface area contributed by atoms with Crippen LogP contribution in [0.25, 0.3) is 22.3 Å². The van der Waals surface area contributed by atoms with Crippen LogP contribution in [0.1, 0.15) is 52.0 Å². The predicted octanol–water partition coefficient (Wildman–Crippen LogP) is 5.88. The topological polar surface area (TPSA) is 126 Å². The first-order valence-corrected chi connectivity index (χ1v) is 15.4. The fourth-order valence-corrected chi connectivity index (χ4v) is 6.38. The number of piperidine rings is 2. The maximum absolute atomic E-state index is 15.6. The summed E-state index contributed by atoms with van der Waals surface area (Å²) in [5, 5.41) is 15.3. The highest BCUT2D eigenvalue weighted by atomic mass is 19.1. The van der Waals surface area contributed by atoms with E-state index in [2.05, 4.69) is 34.8 Å². The second-order valence-electron chi connectivity index (χ2n) is 12.2. The maximum Gasteiger partial charge on any atom is 0.264 e. The Kier molecular flexibility index (Phi) is 8.50. The molecule has 232 valence electrons. The molecule has 2 fully saturated rings. The van der Waals surface area contributed by atoms with Crippen molar-refractivity contribution in [2.75, 3.05) is 31.9 Å². The number of hydrogen-bond acceptors (Lipinski definition) is 8. The highest BCUT2D eigenvalue weighted by Gasteiger charge is 2.33. The van der Waals surface area contributed by atoms with Crippen LogP contribution in [-0.4, -0.2) is 67.2 Å². The van der Waals surface area contributed by atoms with E-state index >= 15 is 4.39 Å². The van der Waals surface area contributed by atoms with E-state index in [9.17, 15) is 10.1 Å². The number of nitrogen functional groups attached to an aromatic ring is 1. The van der Waals surface area contributed by atoms with Gasteiger partial charge in [-0.25, -0.2) is 19.0 Å². The molecule has 0 saturated carbocycles. The minimum atomic E-state index is -0.529. The molecule has 2 aliphatic heterocycles. The lowest BCUT2D eigenvalue weighted by Crippen LogP contribution is -2.46. The Morgan fingerprint density at radius 2 is 1.84 bits per heavy atom. The van der Waals surface area contributed by atoms with Gasteiger partial charge in [0, 0.05) is 30.3 Å². The van der Waals surface area contributed by atoms with Gasteiger partial charge in [0.25, 0.3) is 5.91 Å². The van der Waals surface area contributed by atoms with Crippen molar-refractivity contribution in [1.29, 1.82) is 5.26 Å². The average Bonchev–Trinajstić information content (AvgIpc) is 3.45. The molecule has 4 heterocycles. The van der Waals surface area contributed by atoms with E-state index in [1.807, 2.05) is 24.3 Å². The molecule has 0 spiro atoms. The zero-order chi connectivity index (χ0) is 31.6. The lowest BCUT2D eigenvalue weighted by Gasteiger charge is -2.39. The first-order chi connectivity index (χ1) is 21.7. The molecular weight excluding hydrogens is 571 g/mol. The van der Waals surface area contributed by atoms with Crippen LogP contribution in [0.3, 0.4) is 0 Å². The van der Waals surface area contributed by atoms with E-state index in [-0.39, 0.29) is 28.9 Å². The third kappa shape index (κ3) is 6.24. The molecule has 4 aromatic rings. The highest BCUT2D eigenvalue weighted by molar-refractivity contribution is 5.99. The molecule has 2 aromatic heterocycles. The Bertz CT molecular complexity index is 1770. The number of benzene rings is 2. The van der Waals surface area contributed by atoms with E-state index in [1.165, 1.54) is 18.8 Å². The number of aromatic nitrogens is 4. The van der Waals surface area contributed by atoms with E-state index in [1.54, 1.807) is 33.8 Å². The monoisotopic (exact) mass is 608 g/mol. The summed E-state index contributed by atoms with van der Waals surface area (Å²) < 4.78 is 23.1. The van der Waals surface area contributed by atoms with Crippen molar-refractivity contribution in [2.45, 2.75) is 57.5 Å². The van der Waals surface area contributed by atoms with Gasteiger partial charge in [-0.3, -0.25) is 9.69 Å². The van der Waals surface area contributed by atoms with Crippen LogP contribution in [0.15, 0.2) is 66.5 Å². The lowest BCUT2D eigenvalue weighted by molar-refractivity contribution is -0.128. The average molecular weight is 609 g/mol. The van der Waals surface area contributed by atoms with Crippen LogP contribution in [0.5, 0.6) is 11.5 Å². The maximum atomic E-state index is 15.6. The zero-order valence-electron chi connectivity index (χ0n) is 25.6. The number of halogens is 1. The summed E-state index contributed by atoms with van der Waals surface area (Å²) in [6, 6.07) is 15.7. The normalized spacial score (nSPS) is 18.1. The van der Waals surface area contributed by atoms with Crippen LogP contribution >= 0.6 is 0 Å². The minimum Gasteiger partial charge on any atom is -0.457 e. The molecule has 2 N–H and O–H groups in total. The van der Waals surface area contributed by atoms with Gasteiger partial charge in [-0.15, -0.1) is 0 Å². The molecule has 6 rings (SSSR count). The van der Waals surface area contributed by atoms with E-state index < -0.39 is 11.4 Å². The van der Waals surface area contributed by atoms with Gasteiger partial charge in [0.15, 0.2) is 5.65 Å². The molecule has 2 aliphatic rings. The number of ether oxygens (including phenoxy) is 1. The quantitative estimate of drug-likeness (QED) is 0.204. The van der Waals surface area contributed by atoms with Gasteiger partial charge in [0.05, 0.1) is 11.4 Å². The number of nitrogens with zero attached hydrogens (tertiary/aromatic N) is 7. The molecule has 1 atom stereocenters. The molecule has 0 bridgehead atoms. The Morgan fingerprint density at radius 1 is 1.07 bits per heavy atom. The standard InChI is InChI=1S/C34H37FN8O2/c1-34(2,42-16-7-4-8-17-42)19-23(20-36)33(44)41-15-9-10-24(21-41)43-32-29(31(37)38-22-39-32)30(40-43)27-14-13-26(18-28(27)35)45-25-11-5-3-6-12-25/h3,5-6,11-14,18-19,22,24H,4,7-10,15-17,21H2,1-2H3,(H2,37,38,39)/t24-/m1/s1. The Hall–Kier alpha value is -4.82. The first-order valence-electron chi connectivity index (χ1n) is 15.4. The molecule has 10 nitrogen and oxygen atoms in total. The molecule has 0 aliphatic carbocycles. The highest BCUT2D eigenvalue weighted by Crippen LogP contribution is 2.36. The number of hydrogen-bond donors (Lipinski definition) is 1. The summed E-state index contributed by atoms with van der Waals surface area (Å²) >= 11 is 0. The molecule has 0 radical (unpaired) electrons. The molecule has 11 heteroatoms. The zero-order valence-corrected chi connectivity index (χ0v) is 25.6. The third-order valence-corrected chi connectivity index (χ3v) is 8.74. The minimum absolute atomic E-state index is 0.142. The lowest BCUT2D eigenvalue weighted by atomic mass is 9.95. The van der Waals surface area contributed by atoms with Gasteiger partial charge in [0.1, 0.15) is 46.8 Å². The van der Waals surface area contributed by atoms with Crippen molar-refractivity contribution in [3.05, 3.63) is 72.3 Å². The fourth-order valence-electron chi connectivity index (χ4n) is 6.38. The van der Waals surface area contributed by atoms with Gasteiger partial charge < -0.3 is 15.4 Å². The molecular formula is C34H37FN8O2. The van der Waals surface area contributed by atoms with E-state index in [0.717, 1.165) is 32.4 Å². The molecule has 2 aromatic carbocycles. The van der Waals surface area contributed by atoms with Crippen molar-refractivity contribution in [3.63, 3.8) is 0 Å². The second kappa shape index (κ2) is 12.7. The van der Waals surface area contributed by atoms with Crippen molar-refractivity contribution in [1.82, 2.24) is 29.5 Å². The summed E-state index contributed by atoms with van der Waals surface area (Å²) in [6.07, 6.45) is 8.04. The van der Waals surface area contributed by atoms with Crippen molar-refractivity contribution < 1.29 is 13.9 Å². The van der Waals surface area contributed by atoms with E-state index in [4.69, 9.17) is 15.6 Å². The second-order valence-corrected chi connectivity index (χ2v) is 12.2. The summed E-state index contributed by atoms with van der Waals surface area (Å²) in [7, 11) is 0.